The first kappa shape index (κ1) is 22.1. The van der Waals surface area contributed by atoms with Crippen molar-refractivity contribution >= 4 is 40.0 Å². The lowest BCUT2D eigenvalue weighted by atomic mass is 10.2. The molecule has 0 radical (unpaired) electrons. The summed E-state index contributed by atoms with van der Waals surface area (Å²) in [4.78, 5) is 6.46. The van der Waals surface area contributed by atoms with E-state index >= 15 is 0 Å². The number of guanidine groups is 1. The van der Waals surface area contributed by atoms with Gasteiger partial charge >= 0.3 is 0 Å². The number of rotatable bonds is 8. The Hall–Kier alpha value is -0.870. The summed E-state index contributed by atoms with van der Waals surface area (Å²) in [6.07, 6.45) is 0.706. The fourth-order valence-corrected chi connectivity index (χ4v) is 2.38. The van der Waals surface area contributed by atoms with E-state index in [4.69, 9.17) is 0 Å². The maximum absolute atomic E-state index is 11.3. The van der Waals surface area contributed by atoms with Crippen LogP contribution in [-0.2, 0) is 16.6 Å². The van der Waals surface area contributed by atoms with E-state index in [1.165, 1.54) is 0 Å². The van der Waals surface area contributed by atoms with E-state index in [0.29, 0.717) is 26.1 Å². The summed E-state index contributed by atoms with van der Waals surface area (Å²) in [7, 11) is 0.753. The minimum atomic E-state index is -3.10. The van der Waals surface area contributed by atoms with Gasteiger partial charge in [0, 0.05) is 27.2 Å². The van der Waals surface area contributed by atoms with Gasteiger partial charge in [0.1, 0.15) is 0 Å². The van der Waals surface area contributed by atoms with E-state index in [9.17, 15) is 8.42 Å². The van der Waals surface area contributed by atoms with Crippen molar-refractivity contribution in [3.8, 4) is 0 Å². The lowest BCUT2D eigenvalue weighted by Gasteiger charge is -2.17. The quantitative estimate of drug-likeness (QED) is 0.271. The average Bonchev–Trinajstić information content (AvgIpc) is 2.50. The Morgan fingerprint density at radius 1 is 1.17 bits per heavy atom. The van der Waals surface area contributed by atoms with Crippen LogP contribution in [0.5, 0.6) is 0 Å². The summed E-state index contributed by atoms with van der Waals surface area (Å²) >= 11 is 0. The van der Waals surface area contributed by atoms with Crippen molar-refractivity contribution in [1.29, 1.82) is 0 Å². The SMILES string of the molecule is CCS(=O)(=O)NCCCNC(=NCc1ccccc1)N(C)C.I. The zero-order chi connectivity index (χ0) is 16.4. The maximum atomic E-state index is 11.3. The third-order valence-electron chi connectivity index (χ3n) is 3.02. The summed E-state index contributed by atoms with van der Waals surface area (Å²) in [5, 5.41) is 3.23. The second kappa shape index (κ2) is 11.6. The average molecular weight is 454 g/mol. The number of benzene rings is 1. The van der Waals surface area contributed by atoms with Crippen LogP contribution in [0.25, 0.3) is 0 Å². The van der Waals surface area contributed by atoms with Crippen LogP contribution in [0, 0.1) is 0 Å². The molecule has 0 spiro atoms. The Balaban J connectivity index is 0.00000484. The van der Waals surface area contributed by atoms with Gasteiger partial charge in [-0.25, -0.2) is 18.1 Å². The number of halogens is 1. The van der Waals surface area contributed by atoms with Crippen LogP contribution in [0.2, 0.25) is 0 Å². The van der Waals surface area contributed by atoms with Gasteiger partial charge in [0.05, 0.1) is 12.3 Å². The Labute approximate surface area is 156 Å². The molecule has 1 rings (SSSR count). The molecule has 1 aromatic carbocycles. The molecule has 0 aliphatic rings. The standard InChI is InChI=1S/C15H26N4O2S.HI/c1-4-22(20,21)18-12-8-11-16-15(19(2)3)17-13-14-9-6-5-7-10-14;/h5-7,9-10,18H,4,8,11-13H2,1-3H3,(H,16,17);1H. The molecular weight excluding hydrogens is 427 g/mol. The third kappa shape index (κ3) is 9.77. The molecule has 0 bridgehead atoms. The van der Waals surface area contributed by atoms with Crippen LogP contribution in [0.4, 0.5) is 0 Å². The Morgan fingerprint density at radius 2 is 1.83 bits per heavy atom. The van der Waals surface area contributed by atoms with Crippen molar-refractivity contribution in [3.05, 3.63) is 35.9 Å². The fraction of sp³-hybridized carbons (Fsp3) is 0.533. The molecule has 23 heavy (non-hydrogen) atoms. The Bertz CT molecular complexity index is 562. The molecular formula is C15H27IN4O2S. The summed E-state index contributed by atoms with van der Waals surface area (Å²) in [6, 6.07) is 10.0. The van der Waals surface area contributed by atoms with Crippen LogP contribution in [0.3, 0.4) is 0 Å². The van der Waals surface area contributed by atoms with E-state index in [1.54, 1.807) is 6.92 Å². The predicted octanol–water partition coefficient (Wildman–Crippen LogP) is 1.64. The molecule has 0 atom stereocenters. The highest BCUT2D eigenvalue weighted by atomic mass is 127. The van der Waals surface area contributed by atoms with E-state index < -0.39 is 10.0 Å². The third-order valence-corrected chi connectivity index (χ3v) is 4.42. The molecule has 6 nitrogen and oxygen atoms in total. The van der Waals surface area contributed by atoms with E-state index in [0.717, 1.165) is 11.5 Å². The Morgan fingerprint density at radius 3 is 2.39 bits per heavy atom. The lowest BCUT2D eigenvalue weighted by Crippen LogP contribution is -2.38. The predicted molar refractivity (Wildman–Crippen MR) is 107 cm³/mol. The lowest BCUT2D eigenvalue weighted by molar-refractivity contribution is 0.566. The normalized spacial score (nSPS) is 11.7. The number of hydrogen-bond acceptors (Lipinski definition) is 3. The molecule has 0 aliphatic carbocycles. The molecule has 0 amide bonds. The van der Waals surface area contributed by atoms with Gasteiger partial charge in [-0.05, 0) is 18.9 Å². The molecule has 0 heterocycles. The number of nitrogens with one attached hydrogen (secondary N) is 2. The number of hydrogen-bond donors (Lipinski definition) is 2. The summed E-state index contributed by atoms with van der Waals surface area (Å²) in [6.45, 7) is 3.34. The molecule has 132 valence electrons. The summed E-state index contributed by atoms with van der Waals surface area (Å²) in [5.74, 6) is 0.907. The molecule has 1 aromatic rings. The summed E-state index contributed by atoms with van der Waals surface area (Å²) < 4.78 is 25.1. The van der Waals surface area contributed by atoms with Crippen molar-refractivity contribution in [2.45, 2.75) is 19.9 Å². The van der Waals surface area contributed by atoms with Gasteiger partial charge in [0.2, 0.25) is 10.0 Å². The first-order chi connectivity index (χ1) is 10.4. The highest BCUT2D eigenvalue weighted by Crippen LogP contribution is 2.00. The maximum Gasteiger partial charge on any atom is 0.211 e. The minimum absolute atomic E-state index is 0. The van der Waals surface area contributed by atoms with E-state index in [1.807, 2.05) is 49.3 Å². The zero-order valence-electron chi connectivity index (χ0n) is 13.9. The topological polar surface area (TPSA) is 73.8 Å². The van der Waals surface area contributed by atoms with Gasteiger partial charge in [-0.3, -0.25) is 0 Å². The number of aliphatic imine (C=N–C) groups is 1. The molecule has 0 fully saturated rings. The first-order valence-electron chi connectivity index (χ1n) is 7.41. The Kier molecular flexibility index (Phi) is 11.2. The molecule has 0 saturated carbocycles. The van der Waals surface area contributed by atoms with Crippen molar-refractivity contribution in [1.82, 2.24) is 14.9 Å². The van der Waals surface area contributed by atoms with Gasteiger partial charge in [0.15, 0.2) is 5.96 Å². The van der Waals surface area contributed by atoms with Crippen LogP contribution in [-0.4, -0.2) is 52.2 Å². The second-order valence-electron chi connectivity index (χ2n) is 5.10. The molecule has 8 heteroatoms. The van der Waals surface area contributed by atoms with Gasteiger partial charge in [-0.15, -0.1) is 24.0 Å². The van der Waals surface area contributed by atoms with Gasteiger partial charge in [-0.2, -0.15) is 0 Å². The summed E-state index contributed by atoms with van der Waals surface area (Å²) in [5.41, 5.74) is 1.15. The van der Waals surface area contributed by atoms with E-state index in [2.05, 4.69) is 15.0 Å². The van der Waals surface area contributed by atoms with Crippen LogP contribution >= 0.6 is 24.0 Å². The van der Waals surface area contributed by atoms with Crippen LogP contribution < -0.4 is 10.0 Å². The molecule has 2 N–H and O–H groups in total. The van der Waals surface area contributed by atoms with Crippen molar-refractivity contribution in [2.24, 2.45) is 4.99 Å². The second-order valence-corrected chi connectivity index (χ2v) is 7.19. The fourth-order valence-electron chi connectivity index (χ4n) is 1.72. The zero-order valence-corrected chi connectivity index (χ0v) is 17.1. The van der Waals surface area contributed by atoms with E-state index in [-0.39, 0.29) is 29.7 Å². The first-order valence-corrected chi connectivity index (χ1v) is 9.06. The highest BCUT2D eigenvalue weighted by molar-refractivity contribution is 14.0. The van der Waals surface area contributed by atoms with Crippen LogP contribution in [0.15, 0.2) is 35.3 Å². The van der Waals surface area contributed by atoms with Crippen LogP contribution in [0.1, 0.15) is 18.9 Å². The van der Waals surface area contributed by atoms with Crippen molar-refractivity contribution in [2.75, 3.05) is 32.9 Å². The number of nitrogens with zero attached hydrogens (tertiary/aromatic N) is 2. The monoisotopic (exact) mass is 454 g/mol. The van der Waals surface area contributed by atoms with Gasteiger partial charge < -0.3 is 10.2 Å². The molecule has 0 aliphatic heterocycles. The smallest absolute Gasteiger partial charge is 0.211 e. The highest BCUT2D eigenvalue weighted by Gasteiger charge is 2.05. The van der Waals surface area contributed by atoms with Crippen molar-refractivity contribution < 1.29 is 8.42 Å². The van der Waals surface area contributed by atoms with Gasteiger partial charge in [0.25, 0.3) is 0 Å². The molecule has 0 aromatic heterocycles. The molecule has 0 unspecified atom stereocenters. The van der Waals surface area contributed by atoms with Crippen molar-refractivity contribution in [3.63, 3.8) is 0 Å². The molecule has 0 saturated heterocycles. The number of sulfonamides is 1. The minimum Gasteiger partial charge on any atom is -0.356 e. The largest absolute Gasteiger partial charge is 0.356 e. The van der Waals surface area contributed by atoms with Gasteiger partial charge in [-0.1, -0.05) is 30.3 Å².